The molecule has 2 atom stereocenters. The average molecular weight is 457 g/mol. The van der Waals surface area contributed by atoms with Gasteiger partial charge in [-0.1, -0.05) is 24.3 Å². The van der Waals surface area contributed by atoms with E-state index in [1.165, 1.54) is 17.8 Å². The number of anilines is 2. The van der Waals surface area contributed by atoms with E-state index in [0.29, 0.717) is 12.2 Å². The highest BCUT2D eigenvalue weighted by atomic mass is 16.6. The molecule has 4 N–H and O–H groups in total. The monoisotopic (exact) mass is 457 g/mol. The summed E-state index contributed by atoms with van der Waals surface area (Å²) in [6.07, 6.45) is -0.606. The van der Waals surface area contributed by atoms with Crippen molar-refractivity contribution in [2.24, 2.45) is 5.73 Å². The van der Waals surface area contributed by atoms with Crippen molar-refractivity contribution < 1.29 is 24.7 Å². The van der Waals surface area contributed by atoms with Crippen molar-refractivity contribution in [2.45, 2.75) is 18.5 Å². The lowest BCUT2D eigenvalue weighted by Crippen LogP contribution is -2.56. The number of nitrogens with two attached hydrogens (primary N) is 1. The van der Waals surface area contributed by atoms with E-state index in [4.69, 9.17) is 9.90 Å². The van der Waals surface area contributed by atoms with Gasteiger partial charge in [-0.05, 0) is 24.6 Å². The molecular formula is C22H27N5O6. The number of rotatable bonds is 5. The number of carbonyl (C=O) groups is 2. The molecule has 11 nitrogen and oxygen atoms in total. The van der Waals surface area contributed by atoms with Gasteiger partial charge >= 0.3 is 12.1 Å². The summed E-state index contributed by atoms with van der Waals surface area (Å²) in [5, 5.41) is 28.2. The molecule has 11 heteroatoms. The molecule has 2 aromatic carbocycles. The van der Waals surface area contributed by atoms with Crippen LogP contribution in [-0.2, 0) is 4.79 Å². The minimum atomic E-state index is -1.33. The fourth-order valence-corrected chi connectivity index (χ4v) is 4.48. The Labute approximate surface area is 190 Å². The van der Waals surface area contributed by atoms with Crippen LogP contribution in [0.1, 0.15) is 6.42 Å². The molecule has 2 saturated heterocycles. The first-order valence-corrected chi connectivity index (χ1v) is 10.5. The number of hydrogen-bond donors (Lipinski definition) is 3. The number of hydrogen-bond acceptors (Lipinski definition) is 7. The summed E-state index contributed by atoms with van der Waals surface area (Å²) in [7, 11) is 0. The Hall–Kier alpha value is -3.86. The quantitative estimate of drug-likeness (QED) is 0.452. The minimum Gasteiger partial charge on any atom is -0.480 e. The number of carboxylic acids is 1. The standard InChI is InChI=1S/C21H24N4O4.CH3NO2/c26-21(27)20-19(9-10-24(20)17-7-4-8-18(15-17)25(28)29)23-13-11-22(12-14-23)16-5-2-1-3-6-16;2-1(3)4/h1-8,15,19-20H,9-14H2,(H,26,27);2H2,(H,3,4)/t19?,20-;/m0./s1. The first-order chi connectivity index (χ1) is 15.8. The van der Waals surface area contributed by atoms with E-state index in [9.17, 15) is 20.0 Å². The predicted octanol–water partition coefficient (Wildman–Crippen LogP) is 2.07. The molecule has 0 saturated carbocycles. The molecule has 1 amide bonds. The zero-order valence-electron chi connectivity index (χ0n) is 18.0. The van der Waals surface area contributed by atoms with Crippen molar-refractivity contribution >= 4 is 29.1 Å². The third kappa shape index (κ3) is 5.89. The molecule has 0 aromatic heterocycles. The summed E-state index contributed by atoms with van der Waals surface area (Å²) in [6, 6.07) is 15.7. The van der Waals surface area contributed by atoms with Gasteiger partial charge in [0, 0.05) is 62.3 Å². The van der Waals surface area contributed by atoms with Crippen LogP contribution in [0.15, 0.2) is 54.6 Å². The normalized spacial score (nSPS) is 20.6. The smallest absolute Gasteiger partial charge is 0.402 e. The molecule has 176 valence electrons. The van der Waals surface area contributed by atoms with E-state index in [2.05, 4.69) is 27.7 Å². The number of piperazine rings is 1. The number of primary amides is 1. The van der Waals surface area contributed by atoms with Crippen LogP contribution in [0.25, 0.3) is 0 Å². The van der Waals surface area contributed by atoms with Crippen LogP contribution in [0, 0.1) is 10.1 Å². The second-order valence-electron chi connectivity index (χ2n) is 7.81. The highest BCUT2D eigenvalue weighted by Crippen LogP contribution is 2.32. The molecule has 0 bridgehead atoms. The highest BCUT2D eigenvalue weighted by molar-refractivity contribution is 5.80. The molecule has 2 aliphatic heterocycles. The first kappa shape index (κ1) is 23.8. The fourth-order valence-electron chi connectivity index (χ4n) is 4.48. The van der Waals surface area contributed by atoms with Gasteiger partial charge < -0.3 is 25.7 Å². The third-order valence-electron chi connectivity index (χ3n) is 5.90. The van der Waals surface area contributed by atoms with Crippen LogP contribution in [0.5, 0.6) is 0 Å². The molecule has 33 heavy (non-hydrogen) atoms. The predicted molar refractivity (Wildman–Crippen MR) is 123 cm³/mol. The highest BCUT2D eigenvalue weighted by Gasteiger charge is 2.43. The molecule has 2 fully saturated rings. The molecule has 2 aromatic rings. The van der Waals surface area contributed by atoms with Gasteiger partial charge in [-0.25, -0.2) is 9.59 Å². The van der Waals surface area contributed by atoms with E-state index in [-0.39, 0.29) is 11.7 Å². The second-order valence-corrected chi connectivity index (χ2v) is 7.81. The van der Waals surface area contributed by atoms with Gasteiger partial charge in [0.1, 0.15) is 6.04 Å². The van der Waals surface area contributed by atoms with E-state index in [1.807, 2.05) is 18.2 Å². The molecule has 0 aliphatic carbocycles. The number of nitrogens with zero attached hydrogens (tertiary/aromatic N) is 4. The van der Waals surface area contributed by atoms with E-state index in [0.717, 1.165) is 32.6 Å². The molecule has 2 aliphatic rings. The Morgan fingerprint density at radius 1 is 0.939 bits per heavy atom. The number of benzene rings is 2. The Morgan fingerprint density at radius 2 is 1.55 bits per heavy atom. The van der Waals surface area contributed by atoms with Gasteiger partial charge in [0.2, 0.25) is 0 Å². The fraction of sp³-hybridized carbons (Fsp3) is 0.364. The Balaban J connectivity index is 0.000000709. The van der Waals surface area contributed by atoms with Crippen molar-refractivity contribution in [3.05, 3.63) is 64.7 Å². The van der Waals surface area contributed by atoms with Crippen LogP contribution >= 0.6 is 0 Å². The largest absolute Gasteiger partial charge is 0.480 e. The van der Waals surface area contributed by atoms with Crippen molar-refractivity contribution in [2.75, 3.05) is 42.5 Å². The summed E-state index contributed by atoms with van der Waals surface area (Å²) in [5.74, 6) is -0.885. The first-order valence-electron chi connectivity index (χ1n) is 10.5. The number of nitro groups is 1. The zero-order chi connectivity index (χ0) is 24.0. The molecule has 2 heterocycles. The Morgan fingerprint density at radius 3 is 2.12 bits per heavy atom. The van der Waals surface area contributed by atoms with Gasteiger partial charge in [-0.15, -0.1) is 0 Å². The number of nitro benzene ring substituents is 1. The topological polar surface area (TPSA) is 153 Å². The van der Waals surface area contributed by atoms with Gasteiger partial charge in [-0.3, -0.25) is 15.0 Å². The van der Waals surface area contributed by atoms with Crippen LogP contribution in [0.2, 0.25) is 0 Å². The molecule has 1 unspecified atom stereocenters. The second kappa shape index (κ2) is 10.6. The van der Waals surface area contributed by atoms with E-state index >= 15 is 0 Å². The van der Waals surface area contributed by atoms with Crippen LogP contribution in [0.3, 0.4) is 0 Å². The molecular weight excluding hydrogens is 430 g/mol. The SMILES string of the molecule is NC(=O)O.O=C(O)[C@@H]1C(N2CCN(c3ccccc3)CC2)CCN1c1cccc([N+](=O)[O-])c1. The summed E-state index contributed by atoms with van der Waals surface area (Å²) >= 11 is 0. The molecule has 4 rings (SSSR count). The number of aliphatic carboxylic acids is 1. The van der Waals surface area contributed by atoms with E-state index in [1.54, 1.807) is 17.0 Å². The summed E-state index contributed by atoms with van der Waals surface area (Å²) in [6.45, 7) is 3.87. The average Bonchev–Trinajstić information content (AvgIpc) is 3.25. The summed E-state index contributed by atoms with van der Waals surface area (Å²) in [4.78, 5) is 37.9. The summed E-state index contributed by atoms with van der Waals surface area (Å²) < 4.78 is 0. The Kier molecular flexibility index (Phi) is 7.67. The van der Waals surface area contributed by atoms with Crippen LogP contribution in [-0.4, -0.2) is 76.9 Å². The zero-order valence-corrected chi connectivity index (χ0v) is 18.0. The lowest BCUT2D eigenvalue weighted by atomic mass is 10.1. The number of amides is 1. The number of carboxylic acid groups (broad SMARTS) is 2. The number of para-hydroxylation sites is 1. The van der Waals surface area contributed by atoms with Gasteiger partial charge in [-0.2, -0.15) is 0 Å². The summed E-state index contributed by atoms with van der Waals surface area (Å²) in [5.41, 5.74) is 5.79. The van der Waals surface area contributed by atoms with Crippen molar-refractivity contribution in [3.8, 4) is 0 Å². The van der Waals surface area contributed by atoms with Crippen molar-refractivity contribution in [1.82, 2.24) is 4.90 Å². The van der Waals surface area contributed by atoms with Crippen molar-refractivity contribution in [1.29, 1.82) is 0 Å². The lowest BCUT2D eigenvalue weighted by molar-refractivity contribution is -0.384. The maximum Gasteiger partial charge on any atom is 0.402 e. The third-order valence-corrected chi connectivity index (χ3v) is 5.90. The maximum atomic E-state index is 12.1. The van der Waals surface area contributed by atoms with Crippen LogP contribution < -0.4 is 15.5 Å². The van der Waals surface area contributed by atoms with Gasteiger partial charge in [0.25, 0.3) is 5.69 Å². The maximum absolute atomic E-state index is 12.1. The molecule has 0 spiro atoms. The number of non-ortho nitro benzene ring substituents is 1. The lowest BCUT2D eigenvalue weighted by Gasteiger charge is -2.40. The van der Waals surface area contributed by atoms with Crippen molar-refractivity contribution in [3.63, 3.8) is 0 Å². The minimum absolute atomic E-state index is 0.0217. The Bertz CT molecular complexity index is 976. The van der Waals surface area contributed by atoms with Gasteiger partial charge in [0.15, 0.2) is 0 Å². The van der Waals surface area contributed by atoms with E-state index < -0.39 is 23.0 Å². The van der Waals surface area contributed by atoms with Crippen LogP contribution in [0.4, 0.5) is 21.9 Å². The molecule has 0 radical (unpaired) electrons. The van der Waals surface area contributed by atoms with Gasteiger partial charge in [0.05, 0.1) is 4.92 Å².